The first-order valence-corrected chi connectivity index (χ1v) is 7.79. The van der Waals surface area contributed by atoms with E-state index in [1.807, 2.05) is 0 Å². The van der Waals surface area contributed by atoms with E-state index in [1.54, 1.807) is 42.5 Å². The van der Waals surface area contributed by atoms with Crippen molar-refractivity contribution in [1.29, 1.82) is 0 Å². The zero-order chi connectivity index (χ0) is 17.0. The second-order valence-electron chi connectivity index (χ2n) is 5.08. The van der Waals surface area contributed by atoms with Crippen LogP contribution in [0.25, 0.3) is 0 Å². The first-order chi connectivity index (χ1) is 10.9. The third kappa shape index (κ3) is 3.97. The summed E-state index contributed by atoms with van der Waals surface area (Å²) in [6.45, 7) is 0. The SMILES string of the molecule is CNN=C(NN(C)C1CC=NN1C)C(F)(F)c1cccc(Br)c1. The van der Waals surface area contributed by atoms with Crippen LogP contribution in [0.4, 0.5) is 8.78 Å². The topological polar surface area (TPSA) is 55.3 Å². The summed E-state index contributed by atoms with van der Waals surface area (Å²) in [5.41, 5.74) is 4.96. The lowest BCUT2D eigenvalue weighted by Crippen LogP contribution is -2.54. The summed E-state index contributed by atoms with van der Waals surface area (Å²) >= 11 is 3.21. The highest BCUT2D eigenvalue weighted by molar-refractivity contribution is 9.10. The highest BCUT2D eigenvalue weighted by Crippen LogP contribution is 2.31. The molecular weight excluding hydrogens is 370 g/mol. The molecule has 9 heteroatoms. The van der Waals surface area contributed by atoms with Gasteiger partial charge in [0.15, 0.2) is 0 Å². The summed E-state index contributed by atoms with van der Waals surface area (Å²) in [6.07, 6.45) is 2.22. The Balaban J connectivity index is 2.22. The fourth-order valence-electron chi connectivity index (χ4n) is 2.25. The van der Waals surface area contributed by atoms with Gasteiger partial charge in [0.05, 0.1) is 0 Å². The largest absolute Gasteiger partial charge is 0.332 e. The number of hydrazone groups is 2. The molecule has 23 heavy (non-hydrogen) atoms. The molecule has 1 aromatic carbocycles. The molecule has 6 nitrogen and oxygen atoms in total. The predicted molar refractivity (Wildman–Crippen MR) is 90.1 cm³/mol. The molecule has 2 N–H and O–H groups in total. The minimum Gasteiger partial charge on any atom is -0.311 e. The molecule has 1 unspecified atom stereocenters. The molecule has 126 valence electrons. The van der Waals surface area contributed by atoms with Crippen molar-refractivity contribution >= 4 is 28.0 Å². The molecule has 1 atom stereocenters. The van der Waals surface area contributed by atoms with Crippen molar-refractivity contribution in [3.8, 4) is 0 Å². The number of hydrogen-bond donors (Lipinski definition) is 2. The van der Waals surface area contributed by atoms with Crippen LogP contribution in [0.15, 0.2) is 38.9 Å². The number of nitrogens with zero attached hydrogens (tertiary/aromatic N) is 4. The van der Waals surface area contributed by atoms with Gasteiger partial charge in [-0.25, -0.2) is 5.01 Å². The van der Waals surface area contributed by atoms with E-state index in [-0.39, 0.29) is 11.7 Å². The van der Waals surface area contributed by atoms with Gasteiger partial charge < -0.3 is 5.43 Å². The quantitative estimate of drug-likeness (QED) is 0.461. The number of nitrogens with one attached hydrogen (secondary N) is 2. The fourth-order valence-corrected chi connectivity index (χ4v) is 2.65. The Kier molecular flexibility index (Phi) is 5.53. The Morgan fingerprint density at radius 1 is 1.52 bits per heavy atom. The van der Waals surface area contributed by atoms with Crippen molar-refractivity contribution in [2.24, 2.45) is 10.2 Å². The van der Waals surface area contributed by atoms with Crippen molar-refractivity contribution < 1.29 is 8.78 Å². The molecule has 0 spiro atoms. The van der Waals surface area contributed by atoms with Crippen LogP contribution in [0.5, 0.6) is 0 Å². The van der Waals surface area contributed by atoms with Crippen LogP contribution in [0, 0.1) is 0 Å². The number of halogens is 3. The zero-order valence-corrected chi connectivity index (χ0v) is 14.7. The summed E-state index contributed by atoms with van der Waals surface area (Å²) < 4.78 is 30.2. The van der Waals surface area contributed by atoms with Gasteiger partial charge in [0.1, 0.15) is 6.17 Å². The molecular formula is C14H19BrF2N6. The second kappa shape index (κ2) is 7.22. The first-order valence-electron chi connectivity index (χ1n) is 6.99. The van der Waals surface area contributed by atoms with E-state index >= 15 is 0 Å². The standard InChI is InChI=1S/C14H19BrF2N6/c1-18-20-13(21-23(3)12-7-8-19-22(12)2)14(16,17)10-5-4-6-11(15)9-10/h4-6,8-9,12,18H,7H2,1-3H3,(H,20,21). The molecule has 0 aliphatic carbocycles. The predicted octanol–water partition coefficient (Wildman–Crippen LogP) is 2.16. The Hall–Kier alpha value is -1.74. The van der Waals surface area contributed by atoms with Crippen LogP contribution < -0.4 is 10.9 Å². The second-order valence-corrected chi connectivity index (χ2v) is 6.00. The highest BCUT2D eigenvalue weighted by Gasteiger charge is 2.40. The maximum absolute atomic E-state index is 14.8. The first kappa shape index (κ1) is 17.6. The van der Waals surface area contributed by atoms with Crippen molar-refractivity contribution in [3.05, 3.63) is 34.3 Å². The Bertz CT molecular complexity index is 607. The number of hydrazine groups is 1. The Labute approximate surface area is 142 Å². The maximum Gasteiger partial charge on any atom is 0.332 e. The molecule has 0 bridgehead atoms. The fraction of sp³-hybridized carbons (Fsp3) is 0.429. The molecule has 1 aromatic rings. The molecule has 0 saturated heterocycles. The highest BCUT2D eigenvalue weighted by atomic mass is 79.9. The lowest BCUT2D eigenvalue weighted by molar-refractivity contribution is 0.0425. The maximum atomic E-state index is 14.8. The van der Waals surface area contributed by atoms with E-state index in [1.165, 1.54) is 19.2 Å². The van der Waals surface area contributed by atoms with Crippen molar-refractivity contribution in [1.82, 2.24) is 20.9 Å². The average Bonchev–Trinajstić information content (AvgIpc) is 2.93. The van der Waals surface area contributed by atoms with E-state index in [0.29, 0.717) is 10.9 Å². The third-order valence-electron chi connectivity index (χ3n) is 3.45. The molecule has 1 aliphatic heterocycles. The van der Waals surface area contributed by atoms with E-state index in [2.05, 4.69) is 37.0 Å². The monoisotopic (exact) mass is 388 g/mol. The molecule has 2 rings (SSSR count). The lowest BCUT2D eigenvalue weighted by Gasteiger charge is -2.32. The summed E-state index contributed by atoms with van der Waals surface area (Å²) in [6, 6.07) is 5.99. The van der Waals surface area contributed by atoms with Crippen LogP contribution in [0.3, 0.4) is 0 Å². The molecule has 0 amide bonds. The van der Waals surface area contributed by atoms with Gasteiger partial charge in [-0.2, -0.15) is 19.0 Å². The van der Waals surface area contributed by atoms with Gasteiger partial charge in [0, 0.05) is 43.8 Å². The molecule has 1 heterocycles. The molecule has 0 radical (unpaired) electrons. The number of hydrogen-bond acceptors (Lipinski definition) is 5. The molecule has 0 aromatic heterocycles. The van der Waals surface area contributed by atoms with Gasteiger partial charge in [-0.1, -0.05) is 28.1 Å². The molecule has 0 fully saturated rings. The normalized spacial score (nSPS) is 18.7. The van der Waals surface area contributed by atoms with Gasteiger partial charge in [0.25, 0.3) is 0 Å². The van der Waals surface area contributed by atoms with Crippen LogP contribution >= 0.6 is 15.9 Å². The third-order valence-corrected chi connectivity index (χ3v) is 3.94. The van der Waals surface area contributed by atoms with Crippen LogP contribution in [0.1, 0.15) is 12.0 Å². The Morgan fingerprint density at radius 3 is 2.83 bits per heavy atom. The molecule has 0 saturated carbocycles. The lowest BCUT2D eigenvalue weighted by atomic mass is 10.1. The minimum absolute atomic E-state index is 0.155. The Morgan fingerprint density at radius 2 is 2.26 bits per heavy atom. The zero-order valence-electron chi connectivity index (χ0n) is 13.1. The van der Waals surface area contributed by atoms with Gasteiger partial charge in [-0.3, -0.25) is 10.4 Å². The van der Waals surface area contributed by atoms with Gasteiger partial charge in [0.2, 0.25) is 5.84 Å². The van der Waals surface area contributed by atoms with E-state index in [0.717, 1.165) is 0 Å². The van der Waals surface area contributed by atoms with Crippen molar-refractivity contribution in [2.45, 2.75) is 18.5 Å². The summed E-state index contributed by atoms with van der Waals surface area (Å²) in [4.78, 5) is 0. The van der Waals surface area contributed by atoms with E-state index < -0.39 is 11.8 Å². The average molecular weight is 389 g/mol. The minimum atomic E-state index is -3.28. The summed E-state index contributed by atoms with van der Waals surface area (Å²) in [7, 11) is 4.94. The van der Waals surface area contributed by atoms with E-state index in [4.69, 9.17) is 0 Å². The van der Waals surface area contributed by atoms with Gasteiger partial charge in [-0.05, 0) is 12.1 Å². The van der Waals surface area contributed by atoms with Gasteiger partial charge >= 0.3 is 5.92 Å². The van der Waals surface area contributed by atoms with Crippen LogP contribution in [-0.4, -0.2) is 49.4 Å². The smallest absolute Gasteiger partial charge is 0.311 e. The van der Waals surface area contributed by atoms with Crippen molar-refractivity contribution in [2.75, 3.05) is 21.1 Å². The van der Waals surface area contributed by atoms with Crippen LogP contribution in [0.2, 0.25) is 0 Å². The molecule has 1 aliphatic rings. The summed E-state index contributed by atoms with van der Waals surface area (Å²) in [5.74, 6) is -3.76. The number of amidine groups is 1. The van der Waals surface area contributed by atoms with E-state index in [9.17, 15) is 8.78 Å². The van der Waals surface area contributed by atoms with Crippen molar-refractivity contribution in [3.63, 3.8) is 0 Å². The van der Waals surface area contributed by atoms with Crippen LogP contribution in [-0.2, 0) is 5.92 Å². The van der Waals surface area contributed by atoms with Gasteiger partial charge in [-0.15, -0.1) is 0 Å². The summed E-state index contributed by atoms with van der Waals surface area (Å²) in [5, 5.41) is 11.1. The number of benzene rings is 1. The number of alkyl halides is 2. The number of rotatable bonds is 5.